The van der Waals surface area contributed by atoms with Crippen molar-refractivity contribution in [3.63, 3.8) is 0 Å². The molecule has 1 saturated heterocycles. The van der Waals surface area contributed by atoms with Gasteiger partial charge in [-0.1, -0.05) is 13.0 Å². The quantitative estimate of drug-likeness (QED) is 0.616. The number of amides is 1. The fourth-order valence-electron chi connectivity index (χ4n) is 5.00. The molecule has 8 nitrogen and oxygen atoms in total. The van der Waals surface area contributed by atoms with Crippen LogP contribution in [0, 0.1) is 17.8 Å². The van der Waals surface area contributed by atoms with Crippen LogP contribution in [0.15, 0.2) is 36.8 Å². The van der Waals surface area contributed by atoms with E-state index in [0.29, 0.717) is 30.8 Å². The van der Waals surface area contributed by atoms with E-state index in [0.717, 1.165) is 55.5 Å². The van der Waals surface area contributed by atoms with Gasteiger partial charge in [-0.05, 0) is 68.7 Å². The Kier molecular flexibility index (Phi) is 6.38. The minimum Gasteiger partial charge on any atom is -0.492 e. The van der Waals surface area contributed by atoms with E-state index >= 15 is 0 Å². The highest BCUT2D eigenvalue weighted by atomic mass is 16.6. The van der Waals surface area contributed by atoms with Crippen LogP contribution in [0.1, 0.15) is 45.4 Å². The van der Waals surface area contributed by atoms with Gasteiger partial charge in [-0.25, -0.2) is 14.8 Å². The third-order valence-electron chi connectivity index (χ3n) is 7.12. The molecule has 3 aliphatic rings. The van der Waals surface area contributed by atoms with Gasteiger partial charge >= 0.3 is 6.09 Å². The van der Waals surface area contributed by atoms with Gasteiger partial charge < -0.3 is 19.3 Å². The van der Waals surface area contributed by atoms with Gasteiger partial charge in [0.2, 0.25) is 5.95 Å². The van der Waals surface area contributed by atoms with Crippen molar-refractivity contribution in [2.24, 2.45) is 17.8 Å². The first-order valence-corrected chi connectivity index (χ1v) is 12.6. The van der Waals surface area contributed by atoms with Crippen molar-refractivity contribution in [1.82, 2.24) is 19.9 Å². The smallest absolute Gasteiger partial charge is 0.410 e. The fraction of sp³-hybridized carbons (Fsp3) is 0.556. The minimum atomic E-state index is -0.480. The standard InChI is InChI=1S/C27H35N5O3/c1-5-18-12-29-25(30-13-18)32-15-21-22(16-32)23(21)17-34-20-6-7-24(28-14-20)19-8-10-31(11-9-19)26(33)35-27(2,3)4/h6-8,12-14,21-23H,5,9-11,15-17H2,1-4H3/t21-,22?,23?/m1/s1. The molecule has 2 aromatic rings. The summed E-state index contributed by atoms with van der Waals surface area (Å²) in [6.45, 7) is 11.7. The molecule has 0 radical (unpaired) electrons. The Morgan fingerprint density at radius 2 is 1.83 bits per heavy atom. The molecule has 0 N–H and O–H groups in total. The first kappa shape index (κ1) is 23.6. The molecule has 1 aliphatic carbocycles. The van der Waals surface area contributed by atoms with Gasteiger partial charge in [-0.2, -0.15) is 0 Å². The van der Waals surface area contributed by atoms with Gasteiger partial charge in [0.25, 0.3) is 0 Å². The van der Waals surface area contributed by atoms with E-state index in [-0.39, 0.29) is 6.09 Å². The fourth-order valence-corrected chi connectivity index (χ4v) is 5.00. The zero-order valence-corrected chi connectivity index (χ0v) is 21.1. The lowest BCUT2D eigenvalue weighted by atomic mass is 10.0. The monoisotopic (exact) mass is 477 g/mol. The zero-order chi connectivity index (χ0) is 24.6. The molecule has 8 heteroatoms. The lowest BCUT2D eigenvalue weighted by Gasteiger charge is -2.29. The maximum atomic E-state index is 12.3. The van der Waals surface area contributed by atoms with E-state index in [2.05, 4.69) is 32.9 Å². The number of rotatable bonds is 6. The van der Waals surface area contributed by atoms with E-state index in [1.165, 1.54) is 5.56 Å². The van der Waals surface area contributed by atoms with Crippen molar-refractivity contribution in [3.8, 4) is 5.75 Å². The summed E-state index contributed by atoms with van der Waals surface area (Å²) in [5.41, 5.74) is 2.79. The van der Waals surface area contributed by atoms with Crippen LogP contribution in [0.3, 0.4) is 0 Å². The molecule has 2 unspecified atom stereocenters. The molecule has 0 spiro atoms. The maximum absolute atomic E-state index is 12.3. The number of aryl methyl sites for hydroxylation is 1. The highest BCUT2D eigenvalue weighted by Crippen LogP contribution is 2.52. The number of fused-ring (bicyclic) bond motifs is 1. The van der Waals surface area contributed by atoms with Crippen molar-refractivity contribution in [3.05, 3.63) is 48.1 Å². The number of piperidine rings is 1. The number of hydrogen-bond acceptors (Lipinski definition) is 7. The normalized spacial score (nSPS) is 23.5. The summed E-state index contributed by atoms with van der Waals surface area (Å²) in [5, 5.41) is 0. The molecule has 3 atom stereocenters. The van der Waals surface area contributed by atoms with E-state index in [1.807, 2.05) is 51.5 Å². The number of pyridine rings is 1. The van der Waals surface area contributed by atoms with Crippen molar-refractivity contribution in [2.75, 3.05) is 37.7 Å². The Balaban J connectivity index is 1.07. The van der Waals surface area contributed by atoms with E-state index in [1.54, 1.807) is 4.90 Å². The topological polar surface area (TPSA) is 80.7 Å². The molecule has 0 aromatic carbocycles. The van der Waals surface area contributed by atoms with Crippen LogP contribution < -0.4 is 9.64 Å². The van der Waals surface area contributed by atoms with Gasteiger partial charge in [0.1, 0.15) is 11.4 Å². The summed E-state index contributed by atoms with van der Waals surface area (Å²) >= 11 is 0. The third kappa shape index (κ3) is 5.41. The summed E-state index contributed by atoms with van der Waals surface area (Å²) in [4.78, 5) is 29.9. The second kappa shape index (κ2) is 9.47. The Hall–Kier alpha value is -3.16. The highest BCUT2D eigenvalue weighted by Gasteiger charge is 2.56. The highest BCUT2D eigenvalue weighted by molar-refractivity contribution is 5.72. The summed E-state index contributed by atoms with van der Waals surface area (Å²) in [7, 11) is 0. The number of anilines is 1. The van der Waals surface area contributed by atoms with Crippen LogP contribution in [0.2, 0.25) is 0 Å². The number of carbonyl (C=O) groups is 1. The first-order valence-electron chi connectivity index (χ1n) is 12.6. The van der Waals surface area contributed by atoms with Gasteiger partial charge in [0.05, 0.1) is 18.5 Å². The molecule has 2 aliphatic heterocycles. The molecule has 2 fully saturated rings. The number of nitrogens with zero attached hydrogens (tertiary/aromatic N) is 5. The summed E-state index contributed by atoms with van der Waals surface area (Å²) in [5.74, 6) is 3.58. The maximum Gasteiger partial charge on any atom is 0.410 e. The van der Waals surface area contributed by atoms with E-state index < -0.39 is 5.60 Å². The lowest BCUT2D eigenvalue weighted by Crippen LogP contribution is -2.39. The van der Waals surface area contributed by atoms with Gasteiger partial charge in [0, 0.05) is 44.5 Å². The van der Waals surface area contributed by atoms with Crippen LogP contribution in [0.4, 0.5) is 10.7 Å². The second-order valence-electron chi connectivity index (χ2n) is 10.7. The molecule has 186 valence electrons. The Bertz CT molecular complexity index is 1070. The minimum absolute atomic E-state index is 0.264. The predicted octanol–water partition coefficient (Wildman–Crippen LogP) is 4.22. The van der Waals surface area contributed by atoms with Crippen LogP contribution in [-0.4, -0.2) is 64.3 Å². The van der Waals surface area contributed by atoms with Crippen molar-refractivity contribution >= 4 is 17.6 Å². The van der Waals surface area contributed by atoms with Crippen LogP contribution >= 0.6 is 0 Å². The predicted molar refractivity (Wildman–Crippen MR) is 134 cm³/mol. The Morgan fingerprint density at radius 3 is 2.40 bits per heavy atom. The van der Waals surface area contributed by atoms with Crippen LogP contribution in [-0.2, 0) is 11.2 Å². The molecular weight excluding hydrogens is 442 g/mol. The molecule has 0 bridgehead atoms. The van der Waals surface area contributed by atoms with Crippen molar-refractivity contribution in [2.45, 2.75) is 46.1 Å². The van der Waals surface area contributed by atoms with Crippen molar-refractivity contribution < 1.29 is 14.3 Å². The SMILES string of the molecule is CCc1cnc(N2CC3C(COc4ccc(C5=CCN(C(=O)OC(C)(C)C)CC5)nc4)[C@@H]3C2)nc1. The van der Waals surface area contributed by atoms with Gasteiger partial charge in [-0.15, -0.1) is 0 Å². The largest absolute Gasteiger partial charge is 0.492 e. The third-order valence-corrected chi connectivity index (χ3v) is 7.12. The zero-order valence-electron chi connectivity index (χ0n) is 21.1. The summed E-state index contributed by atoms with van der Waals surface area (Å²) in [6.07, 6.45) is 9.20. The average Bonchev–Trinajstić information content (AvgIpc) is 3.30. The van der Waals surface area contributed by atoms with E-state index in [9.17, 15) is 4.79 Å². The summed E-state index contributed by atoms with van der Waals surface area (Å²) in [6, 6.07) is 4.01. The molecule has 4 heterocycles. The van der Waals surface area contributed by atoms with Crippen LogP contribution in [0.25, 0.3) is 5.57 Å². The summed E-state index contributed by atoms with van der Waals surface area (Å²) < 4.78 is 11.5. The Morgan fingerprint density at radius 1 is 1.09 bits per heavy atom. The Labute approximate surface area is 207 Å². The number of carbonyl (C=O) groups excluding carboxylic acids is 1. The van der Waals surface area contributed by atoms with Crippen LogP contribution in [0.5, 0.6) is 5.75 Å². The molecule has 1 amide bonds. The van der Waals surface area contributed by atoms with E-state index in [4.69, 9.17) is 9.47 Å². The number of aromatic nitrogens is 3. The van der Waals surface area contributed by atoms with Gasteiger partial charge in [-0.3, -0.25) is 4.98 Å². The lowest BCUT2D eigenvalue weighted by molar-refractivity contribution is 0.0270. The molecule has 5 rings (SSSR count). The van der Waals surface area contributed by atoms with Crippen molar-refractivity contribution in [1.29, 1.82) is 0 Å². The average molecular weight is 478 g/mol. The molecule has 1 saturated carbocycles. The second-order valence-corrected chi connectivity index (χ2v) is 10.7. The number of hydrogen-bond donors (Lipinski definition) is 0. The molecule has 2 aromatic heterocycles. The molecular formula is C27H35N5O3. The number of ether oxygens (including phenoxy) is 2. The first-order chi connectivity index (χ1) is 16.8. The molecule has 35 heavy (non-hydrogen) atoms. The van der Waals surface area contributed by atoms with Gasteiger partial charge in [0.15, 0.2) is 0 Å².